The average molecular weight is 367 g/mol. The molecule has 0 aliphatic carbocycles. The topological polar surface area (TPSA) is 103 Å². The van der Waals surface area contributed by atoms with Gasteiger partial charge < -0.3 is 15.2 Å². The van der Waals surface area contributed by atoms with Crippen molar-refractivity contribution in [1.82, 2.24) is 14.9 Å². The molecule has 0 radical (unpaired) electrons. The van der Waals surface area contributed by atoms with Crippen LogP contribution in [0.5, 0.6) is 5.75 Å². The number of hydrogen-bond donors (Lipinski definition) is 1. The van der Waals surface area contributed by atoms with Crippen LogP contribution in [-0.4, -0.2) is 53.1 Å². The highest BCUT2D eigenvalue weighted by Gasteiger charge is 2.56. The summed E-state index contributed by atoms with van der Waals surface area (Å²) in [6.07, 6.45) is 5.25. The molecule has 0 saturated carbocycles. The molecule has 2 N–H and O–H groups in total. The van der Waals surface area contributed by atoms with Gasteiger partial charge >= 0.3 is 0 Å². The SMILES string of the molecule is COC[C@]1(C)CC2(N=C(N)N(C)C2=O)c2cc(-c3cncnc3)ccc2O1. The van der Waals surface area contributed by atoms with Crippen molar-refractivity contribution in [2.75, 3.05) is 20.8 Å². The summed E-state index contributed by atoms with van der Waals surface area (Å²) in [5.74, 6) is 0.621. The van der Waals surface area contributed by atoms with E-state index in [4.69, 9.17) is 15.2 Å². The van der Waals surface area contributed by atoms with Gasteiger partial charge in [-0.15, -0.1) is 0 Å². The predicted octanol–water partition coefficient (Wildman–Crippen LogP) is 1.31. The van der Waals surface area contributed by atoms with E-state index >= 15 is 0 Å². The maximum atomic E-state index is 13.2. The molecule has 4 rings (SSSR count). The number of carbonyl (C=O) groups excluding carboxylic acids is 1. The van der Waals surface area contributed by atoms with Gasteiger partial charge in [0.25, 0.3) is 5.91 Å². The average Bonchev–Trinajstić information content (AvgIpc) is 2.86. The zero-order chi connectivity index (χ0) is 19.2. The molecule has 1 amide bonds. The minimum Gasteiger partial charge on any atom is -0.485 e. The van der Waals surface area contributed by atoms with Crippen molar-refractivity contribution in [2.45, 2.75) is 24.5 Å². The van der Waals surface area contributed by atoms with E-state index in [0.717, 1.165) is 11.1 Å². The Morgan fingerprint density at radius 1 is 1.30 bits per heavy atom. The Labute approximate surface area is 157 Å². The summed E-state index contributed by atoms with van der Waals surface area (Å²) in [5.41, 5.74) is 6.58. The van der Waals surface area contributed by atoms with E-state index in [2.05, 4.69) is 15.0 Å². The van der Waals surface area contributed by atoms with E-state index < -0.39 is 11.1 Å². The molecule has 2 aliphatic rings. The smallest absolute Gasteiger partial charge is 0.261 e. The third kappa shape index (κ3) is 2.64. The van der Waals surface area contributed by atoms with Crippen molar-refractivity contribution in [3.63, 3.8) is 0 Å². The maximum Gasteiger partial charge on any atom is 0.261 e. The molecular weight excluding hydrogens is 346 g/mol. The number of rotatable bonds is 3. The summed E-state index contributed by atoms with van der Waals surface area (Å²) in [6.45, 7) is 2.24. The molecule has 2 atom stereocenters. The van der Waals surface area contributed by atoms with Gasteiger partial charge in [-0.3, -0.25) is 9.69 Å². The number of carbonyl (C=O) groups is 1. The molecule has 1 aromatic heterocycles. The number of aromatic nitrogens is 2. The molecule has 3 heterocycles. The Morgan fingerprint density at radius 2 is 2.04 bits per heavy atom. The van der Waals surface area contributed by atoms with Crippen molar-refractivity contribution in [3.05, 3.63) is 42.5 Å². The lowest BCUT2D eigenvalue weighted by molar-refractivity contribution is -0.135. The number of likely N-dealkylation sites (N-methyl/N-ethyl adjacent to an activating group) is 1. The summed E-state index contributed by atoms with van der Waals surface area (Å²) in [5, 5.41) is 0. The second-order valence-electron chi connectivity index (χ2n) is 7.19. The van der Waals surface area contributed by atoms with Crippen LogP contribution in [0.3, 0.4) is 0 Å². The summed E-state index contributed by atoms with van der Waals surface area (Å²) >= 11 is 0. The number of fused-ring (bicyclic) bond motifs is 2. The van der Waals surface area contributed by atoms with Gasteiger partial charge in [-0.25, -0.2) is 15.0 Å². The maximum absolute atomic E-state index is 13.2. The largest absolute Gasteiger partial charge is 0.485 e. The third-order valence-corrected chi connectivity index (χ3v) is 5.06. The Morgan fingerprint density at radius 3 is 2.67 bits per heavy atom. The highest BCUT2D eigenvalue weighted by Crippen LogP contribution is 2.49. The van der Waals surface area contributed by atoms with Crippen LogP contribution in [0, 0.1) is 0 Å². The monoisotopic (exact) mass is 367 g/mol. The molecule has 27 heavy (non-hydrogen) atoms. The van der Waals surface area contributed by atoms with Crippen LogP contribution in [0.15, 0.2) is 41.9 Å². The van der Waals surface area contributed by atoms with E-state index in [9.17, 15) is 4.79 Å². The lowest BCUT2D eigenvalue weighted by Gasteiger charge is -2.42. The van der Waals surface area contributed by atoms with Gasteiger partial charge in [0.15, 0.2) is 11.5 Å². The molecule has 1 unspecified atom stereocenters. The van der Waals surface area contributed by atoms with Crippen molar-refractivity contribution in [1.29, 1.82) is 0 Å². The van der Waals surface area contributed by atoms with Gasteiger partial charge in [0.1, 0.15) is 17.7 Å². The second-order valence-corrected chi connectivity index (χ2v) is 7.19. The first-order valence-electron chi connectivity index (χ1n) is 8.60. The molecule has 1 spiro atoms. The Kier molecular flexibility index (Phi) is 3.88. The Bertz CT molecular complexity index is 932. The minimum atomic E-state index is -1.13. The number of guanidine groups is 1. The molecule has 2 aliphatic heterocycles. The zero-order valence-corrected chi connectivity index (χ0v) is 15.5. The molecule has 2 aromatic rings. The fraction of sp³-hybridized carbons (Fsp3) is 0.368. The normalized spacial score (nSPS) is 26.7. The summed E-state index contributed by atoms with van der Waals surface area (Å²) in [7, 11) is 3.24. The molecule has 0 saturated heterocycles. The van der Waals surface area contributed by atoms with Crippen molar-refractivity contribution in [2.24, 2.45) is 10.7 Å². The number of ether oxygens (including phenoxy) is 2. The van der Waals surface area contributed by atoms with Crippen LogP contribution in [-0.2, 0) is 15.1 Å². The standard InChI is InChI=1S/C19H21N5O3/c1-18(10-26-3)9-19(16(25)24(2)17(20)23-19)14-6-12(4-5-15(14)27-18)13-7-21-11-22-8-13/h4-8,11H,9-10H2,1-3H3,(H2,20,23)/t18-,19?/m0/s1. The lowest BCUT2D eigenvalue weighted by atomic mass is 9.76. The van der Waals surface area contributed by atoms with Gasteiger partial charge in [-0.2, -0.15) is 0 Å². The van der Waals surface area contributed by atoms with E-state index in [1.54, 1.807) is 26.6 Å². The molecule has 1 aromatic carbocycles. The fourth-order valence-corrected chi connectivity index (χ4v) is 3.88. The molecule has 140 valence electrons. The minimum absolute atomic E-state index is 0.173. The third-order valence-electron chi connectivity index (χ3n) is 5.06. The molecule has 0 fully saturated rings. The van der Waals surface area contributed by atoms with E-state index in [1.807, 2.05) is 25.1 Å². The molecule has 8 heteroatoms. The predicted molar refractivity (Wildman–Crippen MR) is 99.1 cm³/mol. The Balaban J connectivity index is 1.91. The molecular formula is C19H21N5O3. The Hall–Kier alpha value is -3.00. The number of methoxy groups -OCH3 is 1. The number of nitrogens with zero attached hydrogens (tertiary/aromatic N) is 4. The van der Waals surface area contributed by atoms with Crippen LogP contribution in [0.25, 0.3) is 11.1 Å². The van der Waals surface area contributed by atoms with Crippen LogP contribution in [0.4, 0.5) is 0 Å². The number of hydrogen-bond acceptors (Lipinski definition) is 7. The summed E-state index contributed by atoms with van der Waals surface area (Å²) < 4.78 is 11.6. The van der Waals surface area contributed by atoms with Gasteiger partial charge in [-0.05, 0) is 24.6 Å². The highest BCUT2D eigenvalue weighted by molar-refractivity contribution is 6.07. The lowest BCUT2D eigenvalue weighted by Crippen LogP contribution is -2.52. The van der Waals surface area contributed by atoms with E-state index in [0.29, 0.717) is 24.3 Å². The fourth-order valence-electron chi connectivity index (χ4n) is 3.88. The zero-order valence-electron chi connectivity index (χ0n) is 15.5. The summed E-state index contributed by atoms with van der Waals surface area (Å²) in [4.78, 5) is 27.3. The molecule has 8 nitrogen and oxygen atoms in total. The van der Waals surface area contributed by atoms with Crippen molar-refractivity contribution < 1.29 is 14.3 Å². The van der Waals surface area contributed by atoms with Gasteiger partial charge in [0.05, 0.1) is 6.61 Å². The number of benzene rings is 1. The number of nitrogens with two attached hydrogens (primary N) is 1. The number of aliphatic imine (C=N–C) groups is 1. The first-order chi connectivity index (χ1) is 12.9. The van der Waals surface area contributed by atoms with E-state index in [-0.39, 0.29) is 11.9 Å². The first kappa shape index (κ1) is 17.4. The van der Waals surface area contributed by atoms with Crippen molar-refractivity contribution in [3.8, 4) is 16.9 Å². The first-order valence-corrected chi connectivity index (χ1v) is 8.60. The van der Waals surface area contributed by atoms with E-state index in [1.165, 1.54) is 11.2 Å². The van der Waals surface area contributed by atoms with Crippen LogP contribution in [0.1, 0.15) is 18.9 Å². The second kappa shape index (κ2) is 6.02. The van der Waals surface area contributed by atoms with Crippen molar-refractivity contribution >= 4 is 11.9 Å². The van der Waals surface area contributed by atoms with Gasteiger partial charge in [0, 0.05) is 44.1 Å². The van der Waals surface area contributed by atoms with Gasteiger partial charge in [-0.1, -0.05) is 6.07 Å². The van der Waals surface area contributed by atoms with Crippen LogP contribution >= 0.6 is 0 Å². The molecule has 0 bridgehead atoms. The van der Waals surface area contributed by atoms with Gasteiger partial charge in [0.2, 0.25) is 0 Å². The quantitative estimate of drug-likeness (QED) is 0.877. The highest BCUT2D eigenvalue weighted by atomic mass is 16.5. The van der Waals surface area contributed by atoms with Crippen LogP contribution < -0.4 is 10.5 Å². The summed E-state index contributed by atoms with van der Waals surface area (Å²) in [6, 6.07) is 5.68. The van der Waals surface area contributed by atoms with Crippen LogP contribution in [0.2, 0.25) is 0 Å². The number of amides is 1.